The number of esters is 1. The van der Waals surface area contributed by atoms with Gasteiger partial charge in [0.05, 0.1) is 5.39 Å². The van der Waals surface area contributed by atoms with Crippen molar-refractivity contribution in [2.75, 3.05) is 0 Å². The van der Waals surface area contributed by atoms with E-state index in [1.54, 1.807) is 30.3 Å². The molecular formula is C31H22O5. The zero-order chi connectivity index (χ0) is 24.9. The van der Waals surface area contributed by atoms with E-state index in [9.17, 15) is 9.59 Å². The van der Waals surface area contributed by atoms with Crippen molar-refractivity contribution in [1.82, 2.24) is 0 Å². The molecule has 0 N–H and O–H groups in total. The van der Waals surface area contributed by atoms with Gasteiger partial charge >= 0.3 is 5.97 Å². The van der Waals surface area contributed by atoms with Crippen LogP contribution in [0.1, 0.15) is 11.1 Å². The standard InChI is InChI=1S/C31H22O5/c1-21-7-9-22(10-8-21)11-18-30(32)36-26-16-17-27-28(19-26)34-20-29(31(27)33)35-25-14-12-24(13-15-25)23-5-3-2-4-6-23/h2-20H,1H3. The maximum absolute atomic E-state index is 12.9. The molecular weight excluding hydrogens is 452 g/mol. The summed E-state index contributed by atoms with van der Waals surface area (Å²) in [5.41, 5.74) is 4.15. The van der Waals surface area contributed by atoms with Crippen LogP contribution in [0.25, 0.3) is 28.2 Å². The van der Waals surface area contributed by atoms with Crippen LogP contribution >= 0.6 is 0 Å². The molecule has 0 aliphatic rings. The molecule has 0 atom stereocenters. The topological polar surface area (TPSA) is 65.7 Å². The number of carbonyl (C=O) groups is 1. The minimum absolute atomic E-state index is 0.0701. The average molecular weight is 475 g/mol. The van der Waals surface area contributed by atoms with E-state index in [4.69, 9.17) is 13.9 Å². The SMILES string of the molecule is Cc1ccc(C=CC(=O)Oc2ccc3c(=O)c(Oc4ccc(-c5ccccc5)cc4)coc3c2)cc1. The van der Waals surface area contributed by atoms with Crippen molar-refractivity contribution in [3.05, 3.63) is 131 Å². The van der Waals surface area contributed by atoms with Crippen molar-refractivity contribution in [2.45, 2.75) is 6.92 Å². The lowest BCUT2D eigenvalue weighted by Gasteiger charge is -2.08. The van der Waals surface area contributed by atoms with Crippen LogP contribution in [0.15, 0.2) is 119 Å². The molecule has 0 aliphatic carbocycles. The first-order valence-electron chi connectivity index (χ1n) is 11.4. The van der Waals surface area contributed by atoms with Gasteiger partial charge in [0.1, 0.15) is 23.3 Å². The molecule has 0 radical (unpaired) electrons. The van der Waals surface area contributed by atoms with Crippen molar-refractivity contribution in [2.24, 2.45) is 0 Å². The smallest absolute Gasteiger partial charge is 0.336 e. The molecule has 0 aliphatic heterocycles. The van der Waals surface area contributed by atoms with Crippen LogP contribution in [0.3, 0.4) is 0 Å². The fourth-order valence-electron chi connectivity index (χ4n) is 3.69. The molecule has 0 spiro atoms. The van der Waals surface area contributed by atoms with Crippen molar-refractivity contribution in [3.8, 4) is 28.4 Å². The zero-order valence-electron chi connectivity index (χ0n) is 19.5. The zero-order valence-corrected chi connectivity index (χ0v) is 19.5. The quantitative estimate of drug-likeness (QED) is 0.148. The number of aryl methyl sites for hydroxylation is 1. The third-order valence-corrected chi connectivity index (χ3v) is 5.61. The molecule has 4 aromatic carbocycles. The molecule has 5 nitrogen and oxygen atoms in total. The van der Waals surface area contributed by atoms with Crippen LogP contribution in [0.2, 0.25) is 0 Å². The van der Waals surface area contributed by atoms with Gasteiger partial charge in [-0.15, -0.1) is 0 Å². The Morgan fingerprint density at radius 1 is 0.806 bits per heavy atom. The van der Waals surface area contributed by atoms with Gasteiger partial charge in [0.2, 0.25) is 11.2 Å². The first kappa shape index (κ1) is 22.9. The molecule has 1 aromatic heterocycles. The van der Waals surface area contributed by atoms with E-state index in [1.165, 1.54) is 18.4 Å². The summed E-state index contributed by atoms with van der Waals surface area (Å²) in [5, 5.41) is 0.323. The first-order chi connectivity index (χ1) is 17.5. The van der Waals surface area contributed by atoms with Gasteiger partial charge in [-0.25, -0.2) is 4.79 Å². The highest BCUT2D eigenvalue weighted by molar-refractivity contribution is 5.89. The highest BCUT2D eigenvalue weighted by Gasteiger charge is 2.11. The van der Waals surface area contributed by atoms with Crippen molar-refractivity contribution < 1.29 is 18.7 Å². The second kappa shape index (κ2) is 10.2. The molecule has 0 fully saturated rings. The van der Waals surface area contributed by atoms with Gasteiger partial charge in [-0.3, -0.25) is 4.79 Å². The molecule has 176 valence electrons. The summed E-state index contributed by atoms with van der Waals surface area (Å²) in [6, 6.07) is 29.8. The Morgan fingerprint density at radius 3 is 2.25 bits per heavy atom. The Hall–Kier alpha value is -4.90. The van der Waals surface area contributed by atoms with Crippen LogP contribution in [0.4, 0.5) is 0 Å². The van der Waals surface area contributed by atoms with E-state index in [-0.39, 0.29) is 16.9 Å². The summed E-state index contributed by atoms with van der Waals surface area (Å²) in [6.07, 6.45) is 4.29. The third-order valence-electron chi connectivity index (χ3n) is 5.61. The lowest BCUT2D eigenvalue weighted by molar-refractivity contribution is -0.128. The Bertz CT molecular complexity index is 1600. The van der Waals surface area contributed by atoms with Crippen LogP contribution in [-0.2, 0) is 4.79 Å². The second-order valence-corrected chi connectivity index (χ2v) is 8.24. The number of hydrogen-bond donors (Lipinski definition) is 0. The van der Waals surface area contributed by atoms with Crippen LogP contribution < -0.4 is 14.9 Å². The fraction of sp³-hybridized carbons (Fsp3) is 0.0323. The van der Waals surface area contributed by atoms with E-state index in [0.717, 1.165) is 22.3 Å². The molecule has 0 saturated carbocycles. The number of hydrogen-bond acceptors (Lipinski definition) is 5. The maximum Gasteiger partial charge on any atom is 0.336 e. The Morgan fingerprint density at radius 2 is 1.50 bits per heavy atom. The summed E-state index contributed by atoms with van der Waals surface area (Å²) in [4.78, 5) is 25.1. The Balaban J connectivity index is 1.29. The van der Waals surface area contributed by atoms with Gasteiger partial charge in [-0.05, 0) is 54.0 Å². The van der Waals surface area contributed by atoms with E-state index >= 15 is 0 Å². The fourth-order valence-corrected chi connectivity index (χ4v) is 3.69. The van der Waals surface area contributed by atoms with Crippen LogP contribution in [0.5, 0.6) is 17.2 Å². The molecule has 0 unspecified atom stereocenters. The molecule has 5 aromatic rings. The van der Waals surface area contributed by atoms with Gasteiger partial charge in [-0.2, -0.15) is 0 Å². The molecule has 36 heavy (non-hydrogen) atoms. The Labute approximate surface area is 207 Å². The summed E-state index contributed by atoms with van der Waals surface area (Å²) < 4.78 is 16.8. The molecule has 0 bridgehead atoms. The van der Waals surface area contributed by atoms with E-state index in [1.807, 2.05) is 73.7 Å². The van der Waals surface area contributed by atoms with Gasteiger partial charge in [0.15, 0.2) is 0 Å². The van der Waals surface area contributed by atoms with Crippen molar-refractivity contribution in [3.63, 3.8) is 0 Å². The van der Waals surface area contributed by atoms with Crippen LogP contribution in [-0.4, -0.2) is 5.97 Å². The van der Waals surface area contributed by atoms with Gasteiger partial charge in [0, 0.05) is 12.1 Å². The molecule has 5 heteroatoms. The maximum atomic E-state index is 12.9. The largest absolute Gasteiger partial charge is 0.460 e. The third kappa shape index (κ3) is 5.26. The summed E-state index contributed by atoms with van der Waals surface area (Å²) in [6.45, 7) is 2.00. The molecule has 0 saturated heterocycles. The van der Waals surface area contributed by atoms with E-state index < -0.39 is 5.97 Å². The highest BCUT2D eigenvalue weighted by Crippen LogP contribution is 2.26. The normalized spacial score (nSPS) is 11.0. The first-order valence-corrected chi connectivity index (χ1v) is 11.4. The van der Waals surface area contributed by atoms with Gasteiger partial charge in [-0.1, -0.05) is 72.3 Å². The lowest BCUT2D eigenvalue weighted by atomic mass is 10.1. The number of fused-ring (bicyclic) bond motifs is 1. The summed E-state index contributed by atoms with van der Waals surface area (Å²) >= 11 is 0. The molecule has 5 rings (SSSR count). The minimum Gasteiger partial charge on any atom is -0.460 e. The highest BCUT2D eigenvalue weighted by atomic mass is 16.5. The number of ether oxygens (including phenoxy) is 2. The van der Waals surface area contributed by atoms with Gasteiger partial charge in [0.25, 0.3) is 0 Å². The second-order valence-electron chi connectivity index (χ2n) is 8.24. The predicted molar refractivity (Wildman–Crippen MR) is 140 cm³/mol. The summed E-state index contributed by atoms with van der Waals surface area (Å²) in [7, 11) is 0. The lowest BCUT2D eigenvalue weighted by Crippen LogP contribution is -2.06. The molecule has 1 heterocycles. The number of benzene rings is 4. The van der Waals surface area contributed by atoms with Gasteiger partial charge < -0.3 is 13.9 Å². The minimum atomic E-state index is -0.531. The predicted octanol–water partition coefficient (Wildman–Crippen LogP) is 7.18. The van der Waals surface area contributed by atoms with Crippen molar-refractivity contribution in [1.29, 1.82) is 0 Å². The monoisotopic (exact) mass is 474 g/mol. The van der Waals surface area contributed by atoms with Crippen molar-refractivity contribution >= 4 is 23.0 Å². The summed E-state index contributed by atoms with van der Waals surface area (Å²) in [5.74, 6) is 0.332. The molecule has 0 amide bonds. The number of rotatable bonds is 6. The van der Waals surface area contributed by atoms with Crippen LogP contribution in [0, 0.1) is 6.92 Å². The Kier molecular flexibility index (Phi) is 6.45. The van der Waals surface area contributed by atoms with E-state index in [0.29, 0.717) is 16.7 Å². The average Bonchev–Trinajstić information content (AvgIpc) is 2.91. The van der Waals surface area contributed by atoms with E-state index in [2.05, 4.69) is 0 Å². The number of carbonyl (C=O) groups excluding carboxylic acids is 1.